The number of rotatable bonds is 8. The average molecular weight is 376 g/mol. The first-order chi connectivity index (χ1) is 13.7. The van der Waals surface area contributed by atoms with Crippen molar-refractivity contribution in [1.29, 1.82) is 0 Å². The highest BCUT2D eigenvalue weighted by Crippen LogP contribution is 2.16. The van der Waals surface area contributed by atoms with Gasteiger partial charge in [-0.1, -0.05) is 36.4 Å². The van der Waals surface area contributed by atoms with Crippen molar-refractivity contribution in [2.75, 3.05) is 11.9 Å². The monoisotopic (exact) mass is 376 g/mol. The van der Waals surface area contributed by atoms with Crippen LogP contribution in [0.5, 0.6) is 5.75 Å². The Bertz CT molecular complexity index is 855. The lowest BCUT2D eigenvalue weighted by Gasteiger charge is -2.14. The third-order valence-electron chi connectivity index (χ3n) is 4.09. The maximum atomic E-state index is 12.0. The number of hydrogen-bond acceptors (Lipinski definition) is 4. The summed E-state index contributed by atoms with van der Waals surface area (Å²) in [5.41, 5.74) is 8.95. The van der Waals surface area contributed by atoms with Gasteiger partial charge >= 0.3 is 6.03 Å². The molecule has 0 aliphatic carbocycles. The number of ether oxygens (including phenoxy) is 1. The molecule has 0 spiro atoms. The normalized spacial score (nSPS) is 11.5. The standard InChI is InChI=1S/C22H24N4O2/c23-19(13-17-5-2-1-3-6-17)16-28-21-10-8-20(9-11-21)26-22(27)25-15-18-7-4-12-24-14-18/h1-12,14,19H,13,15-16,23H2,(H2,25,26,27)/t19-/m0/s1. The Labute approximate surface area is 164 Å². The van der Waals surface area contributed by atoms with Crippen LogP contribution in [0.25, 0.3) is 0 Å². The molecule has 0 saturated heterocycles. The molecule has 6 nitrogen and oxygen atoms in total. The number of urea groups is 1. The fourth-order valence-electron chi connectivity index (χ4n) is 2.67. The van der Waals surface area contributed by atoms with Crippen molar-refractivity contribution < 1.29 is 9.53 Å². The lowest BCUT2D eigenvalue weighted by Crippen LogP contribution is -2.30. The SMILES string of the molecule is N[C@H](COc1ccc(NC(=O)NCc2cccnc2)cc1)Cc1ccccc1. The minimum atomic E-state index is -0.276. The summed E-state index contributed by atoms with van der Waals surface area (Å²) in [6.07, 6.45) is 4.17. The zero-order chi connectivity index (χ0) is 19.6. The van der Waals surface area contributed by atoms with Gasteiger partial charge in [0.05, 0.1) is 0 Å². The number of hydrogen-bond donors (Lipinski definition) is 3. The molecule has 0 aliphatic rings. The number of anilines is 1. The number of benzene rings is 2. The fourth-order valence-corrected chi connectivity index (χ4v) is 2.67. The number of nitrogens with one attached hydrogen (secondary N) is 2. The van der Waals surface area contributed by atoms with E-state index < -0.39 is 0 Å². The third kappa shape index (κ3) is 6.41. The second-order valence-electron chi connectivity index (χ2n) is 6.45. The van der Waals surface area contributed by atoms with Crippen LogP contribution in [0.2, 0.25) is 0 Å². The van der Waals surface area contributed by atoms with Crippen molar-refractivity contribution in [3.8, 4) is 5.75 Å². The van der Waals surface area contributed by atoms with E-state index in [2.05, 4.69) is 27.8 Å². The first-order valence-electron chi connectivity index (χ1n) is 9.15. The predicted octanol–water partition coefficient (Wildman–Crippen LogP) is 3.35. The largest absolute Gasteiger partial charge is 0.492 e. The maximum absolute atomic E-state index is 12.0. The number of carbonyl (C=O) groups excluding carboxylic acids is 1. The molecular weight excluding hydrogens is 352 g/mol. The smallest absolute Gasteiger partial charge is 0.319 e. The molecule has 0 radical (unpaired) electrons. The van der Waals surface area contributed by atoms with Crippen LogP contribution in [0.15, 0.2) is 79.1 Å². The topological polar surface area (TPSA) is 89.3 Å². The summed E-state index contributed by atoms with van der Waals surface area (Å²) in [7, 11) is 0. The lowest BCUT2D eigenvalue weighted by molar-refractivity contribution is 0.251. The molecule has 0 aliphatic heterocycles. The average Bonchev–Trinajstić information content (AvgIpc) is 2.73. The number of aromatic nitrogens is 1. The van der Waals surface area contributed by atoms with Gasteiger partial charge in [0.1, 0.15) is 12.4 Å². The van der Waals surface area contributed by atoms with E-state index in [1.807, 2.05) is 42.5 Å². The van der Waals surface area contributed by atoms with Crippen LogP contribution in [-0.4, -0.2) is 23.7 Å². The van der Waals surface area contributed by atoms with Crippen molar-refractivity contribution in [1.82, 2.24) is 10.3 Å². The summed E-state index contributed by atoms with van der Waals surface area (Å²) in [5, 5.41) is 5.57. The van der Waals surface area contributed by atoms with Gasteiger partial charge < -0.3 is 21.1 Å². The quantitative estimate of drug-likeness (QED) is 0.562. The first kappa shape index (κ1) is 19.4. The van der Waals surface area contributed by atoms with E-state index >= 15 is 0 Å². The first-order valence-corrected chi connectivity index (χ1v) is 9.15. The molecule has 4 N–H and O–H groups in total. The van der Waals surface area contributed by atoms with Gasteiger partial charge in [-0.2, -0.15) is 0 Å². The second-order valence-corrected chi connectivity index (χ2v) is 6.45. The van der Waals surface area contributed by atoms with Crippen LogP contribution in [0.4, 0.5) is 10.5 Å². The zero-order valence-electron chi connectivity index (χ0n) is 15.5. The molecule has 0 fully saturated rings. The maximum Gasteiger partial charge on any atom is 0.319 e. The van der Waals surface area contributed by atoms with Crippen molar-refractivity contribution in [2.24, 2.45) is 5.73 Å². The van der Waals surface area contributed by atoms with Gasteiger partial charge in [0, 0.05) is 30.7 Å². The van der Waals surface area contributed by atoms with Crippen LogP contribution in [-0.2, 0) is 13.0 Å². The lowest BCUT2D eigenvalue weighted by atomic mass is 10.1. The molecule has 28 heavy (non-hydrogen) atoms. The molecular formula is C22H24N4O2. The minimum absolute atomic E-state index is 0.0848. The van der Waals surface area contributed by atoms with Crippen LogP contribution in [0, 0.1) is 0 Å². The number of nitrogens with zero attached hydrogens (tertiary/aromatic N) is 1. The van der Waals surface area contributed by atoms with Crippen molar-refractivity contribution in [2.45, 2.75) is 19.0 Å². The molecule has 1 aromatic heterocycles. The highest BCUT2D eigenvalue weighted by molar-refractivity contribution is 5.89. The molecule has 1 atom stereocenters. The number of carbonyl (C=O) groups is 1. The van der Waals surface area contributed by atoms with E-state index in [9.17, 15) is 4.79 Å². The van der Waals surface area contributed by atoms with Crippen LogP contribution in [0.1, 0.15) is 11.1 Å². The second kappa shape index (κ2) is 10.1. The van der Waals surface area contributed by atoms with E-state index in [0.29, 0.717) is 24.6 Å². The Kier molecular flexibility index (Phi) is 6.98. The predicted molar refractivity (Wildman–Crippen MR) is 110 cm³/mol. The Balaban J connectivity index is 1.41. The Hall–Kier alpha value is -3.38. The van der Waals surface area contributed by atoms with Crippen molar-refractivity contribution in [3.63, 3.8) is 0 Å². The number of nitrogens with two attached hydrogens (primary N) is 1. The third-order valence-corrected chi connectivity index (χ3v) is 4.09. The summed E-state index contributed by atoms with van der Waals surface area (Å²) < 4.78 is 5.75. The van der Waals surface area contributed by atoms with Crippen LogP contribution in [0.3, 0.4) is 0 Å². The Morgan fingerprint density at radius 1 is 1.00 bits per heavy atom. The summed E-state index contributed by atoms with van der Waals surface area (Å²) in [4.78, 5) is 16.0. The highest BCUT2D eigenvalue weighted by atomic mass is 16.5. The van der Waals surface area contributed by atoms with E-state index in [1.54, 1.807) is 24.5 Å². The molecule has 0 saturated carbocycles. The molecule has 2 amide bonds. The van der Waals surface area contributed by atoms with Gasteiger partial charge in [-0.05, 0) is 47.9 Å². The Morgan fingerprint density at radius 3 is 2.46 bits per heavy atom. The summed E-state index contributed by atoms with van der Waals surface area (Å²) in [5.74, 6) is 0.713. The molecule has 2 aromatic carbocycles. The molecule has 6 heteroatoms. The van der Waals surface area contributed by atoms with Gasteiger partial charge in [-0.15, -0.1) is 0 Å². The van der Waals surface area contributed by atoms with E-state index in [4.69, 9.17) is 10.5 Å². The van der Waals surface area contributed by atoms with E-state index in [-0.39, 0.29) is 12.1 Å². The van der Waals surface area contributed by atoms with E-state index in [0.717, 1.165) is 12.0 Å². The fraction of sp³-hybridized carbons (Fsp3) is 0.182. The van der Waals surface area contributed by atoms with Gasteiger partial charge in [-0.25, -0.2) is 4.79 Å². The highest BCUT2D eigenvalue weighted by Gasteiger charge is 2.06. The van der Waals surface area contributed by atoms with Crippen molar-refractivity contribution >= 4 is 11.7 Å². The van der Waals surface area contributed by atoms with Gasteiger partial charge in [-0.3, -0.25) is 4.98 Å². The van der Waals surface area contributed by atoms with Crippen molar-refractivity contribution in [3.05, 3.63) is 90.3 Å². The van der Waals surface area contributed by atoms with Crippen LogP contribution < -0.4 is 21.1 Å². The van der Waals surface area contributed by atoms with E-state index in [1.165, 1.54) is 5.56 Å². The summed E-state index contributed by atoms with van der Waals surface area (Å²) in [6.45, 7) is 0.841. The molecule has 3 rings (SSSR count). The number of pyridine rings is 1. The molecule has 0 unspecified atom stereocenters. The summed E-state index contributed by atoms with van der Waals surface area (Å²) >= 11 is 0. The zero-order valence-corrected chi connectivity index (χ0v) is 15.5. The Morgan fingerprint density at radius 2 is 1.75 bits per heavy atom. The van der Waals surface area contributed by atoms with Gasteiger partial charge in [0.2, 0.25) is 0 Å². The molecule has 144 valence electrons. The minimum Gasteiger partial charge on any atom is -0.492 e. The van der Waals surface area contributed by atoms with Crippen LogP contribution >= 0.6 is 0 Å². The molecule has 3 aromatic rings. The van der Waals surface area contributed by atoms with Gasteiger partial charge in [0.25, 0.3) is 0 Å². The summed E-state index contributed by atoms with van der Waals surface area (Å²) in [6, 6.07) is 20.7. The number of amides is 2. The molecule has 0 bridgehead atoms. The van der Waals surface area contributed by atoms with Gasteiger partial charge in [0.15, 0.2) is 0 Å². The molecule has 1 heterocycles.